The van der Waals surface area contributed by atoms with Crippen LogP contribution in [0.25, 0.3) is 11.3 Å². The van der Waals surface area contributed by atoms with E-state index in [9.17, 15) is 15.0 Å². The Morgan fingerprint density at radius 2 is 1.93 bits per heavy atom. The van der Waals surface area contributed by atoms with Crippen molar-refractivity contribution in [1.29, 1.82) is 0 Å². The van der Waals surface area contributed by atoms with E-state index in [0.29, 0.717) is 11.3 Å². The average Bonchev–Trinajstić information content (AvgIpc) is 2.69. The van der Waals surface area contributed by atoms with Crippen LogP contribution in [-0.2, 0) is 0 Å². The number of terminal acetylenes is 1. The number of aliphatic hydroxyl groups excluding tert-OH is 1. The van der Waals surface area contributed by atoms with Gasteiger partial charge in [0.25, 0.3) is 0 Å². The fourth-order valence-corrected chi connectivity index (χ4v) is 2.58. The first-order valence-electron chi connectivity index (χ1n) is 7.71. The van der Waals surface area contributed by atoms with Gasteiger partial charge in [0.2, 0.25) is 0 Å². The summed E-state index contributed by atoms with van der Waals surface area (Å²) in [5.41, 5.74) is 1.94. The maximum Gasteiger partial charge on any atom is 0.337 e. The lowest BCUT2D eigenvalue weighted by molar-refractivity contribution is 0.0697. The van der Waals surface area contributed by atoms with Gasteiger partial charge < -0.3 is 15.5 Å². The van der Waals surface area contributed by atoms with E-state index in [1.165, 1.54) is 12.1 Å². The van der Waals surface area contributed by atoms with E-state index in [4.69, 9.17) is 18.0 Å². The second-order valence-electron chi connectivity index (χ2n) is 5.45. The molecule has 0 radical (unpaired) electrons. The molecule has 2 heterocycles. The van der Waals surface area contributed by atoms with Gasteiger partial charge in [-0.1, -0.05) is 17.5 Å². The first kappa shape index (κ1) is 18.3. The van der Waals surface area contributed by atoms with Gasteiger partial charge in [-0.05, 0) is 36.4 Å². The molecule has 3 N–H and O–H groups in total. The number of benzene rings is 1. The van der Waals surface area contributed by atoms with E-state index < -0.39 is 12.2 Å². The normalized spacial score (nSPS) is 11.4. The van der Waals surface area contributed by atoms with E-state index in [0.717, 1.165) is 5.56 Å². The van der Waals surface area contributed by atoms with Crippen molar-refractivity contribution in [3.63, 3.8) is 0 Å². The minimum Gasteiger partial charge on any atom is -0.478 e. The van der Waals surface area contributed by atoms with Gasteiger partial charge in [-0.25, -0.2) is 4.79 Å². The Kier molecular flexibility index (Phi) is 5.31. The van der Waals surface area contributed by atoms with Crippen LogP contribution in [0.2, 0.25) is 5.02 Å². The fourth-order valence-electron chi connectivity index (χ4n) is 2.37. The highest BCUT2D eigenvalue weighted by Crippen LogP contribution is 2.27. The van der Waals surface area contributed by atoms with Gasteiger partial charge in [0, 0.05) is 23.5 Å². The molecule has 0 bridgehead atoms. The number of hydrogen-bond donors (Lipinski definition) is 3. The number of nitrogens with one attached hydrogen (secondary N) is 1. The van der Waals surface area contributed by atoms with Crippen LogP contribution in [0.4, 0.5) is 5.69 Å². The molecule has 2 aromatic heterocycles. The summed E-state index contributed by atoms with van der Waals surface area (Å²) in [6, 6.07) is 9.45. The molecule has 7 nitrogen and oxygen atoms in total. The first-order valence-corrected chi connectivity index (χ1v) is 8.09. The van der Waals surface area contributed by atoms with Crippen molar-refractivity contribution in [2.24, 2.45) is 0 Å². The summed E-state index contributed by atoms with van der Waals surface area (Å²) in [4.78, 5) is 15.4. The van der Waals surface area contributed by atoms with Crippen molar-refractivity contribution in [2.75, 3.05) is 5.32 Å². The summed E-state index contributed by atoms with van der Waals surface area (Å²) in [5, 5.41) is 30.6. The van der Waals surface area contributed by atoms with Crippen molar-refractivity contribution in [2.45, 2.75) is 6.23 Å². The van der Waals surface area contributed by atoms with Crippen molar-refractivity contribution >= 4 is 23.3 Å². The summed E-state index contributed by atoms with van der Waals surface area (Å²) in [5.74, 6) is 1.15. The molecule has 0 spiro atoms. The number of carbonyl (C=O) groups is 1. The van der Waals surface area contributed by atoms with Gasteiger partial charge in [-0.2, -0.15) is 10.2 Å². The molecule has 0 saturated carbocycles. The third-order valence-corrected chi connectivity index (χ3v) is 4.04. The Bertz CT molecular complexity index is 1020. The average molecular weight is 381 g/mol. The number of carboxylic acids is 1. The molecule has 3 aromatic rings. The van der Waals surface area contributed by atoms with E-state index in [1.54, 1.807) is 36.7 Å². The van der Waals surface area contributed by atoms with E-state index in [-0.39, 0.29) is 22.0 Å². The summed E-state index contributed by atoms with van der Waals surface area (Å²) in [6.07, 6.45) is 7.34. The number of aliphatic hydroxyl groups is 1. The molecule has 0 amide bonds. The highest BCUT2D eigenvalue weighted by Gasteiger charge is 2.18. The second-order valence-corrected chi connectivity index (χ2v) is 5.86. The molecule has 8 heteroatoms. The molecular formula is C19H13ClN4O3. The predicted octanol–water partition coefficient (Wildman–Crippen LogP) is 2.97. The lowest BCUT2D eigenvalue weighted by atomic mass is 10.1. The summed E-state index contributed by atoms with van der Waals surface area (Å²) in [7, 11) is 0. The number of hydrogen-bond acceptors (Lipinski definition) is 6. The Labute approximate surface area is 159 Å². The highest BCUT2D eigenvalue weighted by molar-refractivity contribution is 6.32. The van der Waals surface area contributed by atoms with Crippen LogP contribution >= 0.6 is 11.6 Å². The molecule has 0 aliphatic heterocycles. The monoisotopic (exact) mass is 380 g/mol. The van der Waals surface area contributed by atoms with Crippen molar-refractivity contribution in [3.05, 3.63) is 70.6 Å². The Balaban J connectivity index is 1.86. The zero-order chi connectivity index (χ0) is 19.4. The van der Waals surface area contributed by atoms with Crippen LogP contribution in [0, 0.1) is 12.3 Å². The van der Waals surface area contributed by atoms with E-state index in [2.05, 4.69) is 26.4 Å². The molecule has 0 saturated heterocycles. The molecule has 1 atom stereocenters. The maximum absolute atomic E-state index is 11.4. The van der Waals surface area contributed by atoms with Crippen molar-refractivity contribution < 1.29 is 15.0 Å². The van der Waals surface area contributed by atoms with Crippen LogP contribution in [0.3, 0.4) is 0 Å². The van der Waals surface area contributed by atoms with Crippen molar-refractivity contribution in [1.82, 2.24) is 15.2 Å². The SMILES string of the molecule is C#Cc1cc(NC(O)c2ccc(-c3ccncc3)nn2)c(C(=O)O)cc1Cl. The zero-order valence-corrected chi connectivity index (χ0v) is 14.6. The summed E-state index contributed by atoms with van der Waals surface area (Å²) >= 11 is 5.95. The largest absolute Gasteiger partial charge is 0.478 e. The molecule has 27 heavy (non-hydrogen) atoms. The maximum atomic E-state index is 11.4. The van der Waals surface area contributed by atoms with Gasteiger partial charge >= 0.3 is 5.97 Å². The van der Waals surface area contributed by atoms with Gasteiger partial charge in [-0.15, -0.1) is 6.42 Å². The van der Waals surface area contributed by atoms with Crippen molar-refractivity contribution in [3.8, 4) is 23.6 Å². The molecule has 0 aliphatic carbocycles. The van der Waals surface area contributed by atoms with Crippen LogP contribution in [0.15, 0.2) is 48.8 Å². The highest BCUT2D eigenvalue weighted by atomic mass is 35.5. The van der Waals surface area contributed by atoms with Crippen LogP contribution < -0.4 is 5.32 Å². The van der Waals surface area contributed by atoms with Gasteiger partial charge in [0.15, 0.2) is 6.23 Å². The van der Waals surface area contributed by atoms with Crippen LogP contribution in [0.1, 0.15) is 27.8 Å². The lowest BCUT2D eigenvalue weighted by Crippen LogP contribution is -2.15. The molecule has 1 unspecified atom stereocenters. The molecule has 1 aromatic carbocycles. The van der Waals surface area contributed by atoms with E-state index in [1.807, 2.05) is 0 Å². The number of halogens is 1. The first-order chi connectivity index (χ1) is 13.0. The Morgan fingerprint density at radius 1 is 1.19 bits per heavy atom. The quantitative estimate of drug-likeness (QED) is 0.461. The molecule has 134 valence electrons. The number of aromatic nitrogens is 3. The topological polar surface area (TPSA) is 108 Å². The molecule has 0 fully saturated rings. The summed E-state index contributed by atoms with van der Waals surface area (Å²) < 4.78 is 0. The number of aromatic carboxylic acids is 1. The molecular weight excluding hydrogens is 368 g/mol. The summed E-state index contributed by atoms with van der Waals surface area (Å²) in [6.45, 7) is 0. The number of carboxylic acid groups (broad SMARTS) is 1. The minimum atomic E-state index is -1.30. The van der Waals surface area contributed by atoms with Gasteiger partial charge in [0.1, 0.15) is 5.69 Å². The van der Waals surface area contributed by atoms with Crippen LogP contribution in [0.5, 0.6) is 0 Å². The van der Waals surface area contributed by atoms with E-state index >= 15 is 0 Å². The minimum absolute atomic E-state index is 0.118. The van der Waals surface area contributed by atoms with Crippen LogP contribution in [-0.4, -0.2) is 31.4 Å². The standard InChI is InChI=1S/C19H13ClN4O3/c1-2-11-9-17(13(19(26)27)10-14(11)20)22-18(25)16-4-3-15(23-24-16)12-5-7-21-8-6-12/h1,3-10,18,22,25H,(H,26,27). The zero-order valence-electron chi connectivity index (χ0n) is 13.8. The lowest BCUT2D eigenvalue weighted by Gasteiger charge is -2.16. The predicted molar refractivity (Wildman–Crippen MR) is 100 cm³/mol. The number of nitrogens with zero attached hydrogens (tertiary/aromatic N) is 3. The third-order valence-electron chi connectivity index (χ3n) is 3.73. The fraction of sp³-hybridized carbons (Fsp3) is 0.0526. The Hall–Kier alpha value is -3.47. The smallest absolute Gasteiger partial charge is 0.337 e. The number of pyridine rings is 1. The Morgan fingerprint density at radius 3 is 2.52 bits per heavy atom. The van der Waals surface area contributed by atoms with Gasteiger partial charge in [-0.3, -0.25) is 4.98 Å². The molecule has 3 rings (SSSR count). The molecule has 0 aliphatic rings. The second kappa shape index (κ2) is 7.83. The number of anilines is 1. The third kappa shape index (κ3) is 4.03. The number of rotatable bonds is 5. The van der Waals surface area contributed by atoms with Gasteiger partial charge in [0.05, 0.1) is 22.0 Å².